The maximum atomic E-state index is 12.1. The predicted molar refractivity (Wildman–Crippen MR) is 83.6 cm³/mol. The van der Waals surface area contributed by atoms with Gasteiger partial charge in [0.05, 0.1) is 0 Å². The standard InChI is InChI=1S/C15H18Cl2N2O2/c1-2-11(7-9-3-4-10(16)8-12(9)17)18-15(21)13-5-6-14(20)19-13/h3-4,8,11,13H,2,5-7H2,1H3,(H,18,21)(H,19,20)/t11-,13-/m1/s1. The Morgan fingerprint density at radius 2 is 2.24 bits per heavy atom. The summed E-state index contributed by atoms with van der Waals surface area (Å²) >= 11 is 12.0. The van der Waals surface area contributed by atoms with Crippen LogP contribution in [0.4, 0.5) is 0 Å². The average molecular weight is 329 g/mol. The summed E-state index contributed by atoms with van der Waals surface area (Å²) in [6.07, 6.45) is 2.39. The number of carbonyl (C=O) groups excluding carboxylic acids is 2. The number of carbonyl (C=O) groups is 2. The maximum absolute atomic E-state index is 12.1. The first-order chi connectivity index (χ1) is 9.99. The van der Waals surface area contributed by atoms with Crippen LogP contribution < -0.4 is 10.6 Å². The summed E-state index contributed by atoms with van der Waals surface area (Å²) in [4.78, 5) is 23.3. The van der Waals surface area contributed by atoms with Crippen molar-refractivity contribution in [3.63, 3.8) is 0 Å². The fraction of sp³-hybridized carbons (Fsp3) is 0.467. The minimum Gasteiger partial charge on any atom is -0.351 e. The molecule has 0 unspecified atom stereocenters. The Bertz CT molecular complexity index is 548. The highest BCUT2D eigenvalue weighted by atomic mass is 35.5. The first-order valence-corrected chi connectivity index (χ1v) is 7.79. The van der Waals surface area contributed by atoms with Gasteiger partial charge in [-0.1, -0.05) is 36.2 Å². The Hall–Kier alpha value is -1.26. The van der Waals surface area contributed by atoms with E-state index in [9.17, 15) is 9.59 Å². The quantitative estimate of drug-likeness (QED) is 0.873. The second-order valence-corrected chi connectivity index (χ2v) is 6.06. The molecule has 1 fully saturated rings. The van der Waals surface area contributed by atoms with E-state index in [4.69, 9.17) is 23.2 Å². The molecule has 1 aliphatic heterocycles. The number of nitrogens with one attached hydrogen (secondary N) is 2. The van der Waals surface area contributed by atoms with Crippen LogP contribution in [-0.2, 0) is 16.0 Å². The average Bonchev–Trinajstić information content (AvgIpc) is 2.87. The molecule has 4 nitrogen and oxygen atoms in total. The van der Waals surface area contributed by atoms with Crippen molar-refractivity contribution in [2.24, 2.45) is 0 Å². The molecule has 21 heavy (non-hydrogen) atoms. The van der Waals surface area contributed by atoms with E-state index in [1.807, 2.05) is 13.0 Å². The Morgan fingerprint density at radius 3 is 2.81 bits per heavy atom. The second kappa shape index (κ2) is 7.14. The molecule has 2 amide bonds. The van der Waals surface area contributed by atoms with Crippen molar-refractivity contribution >= 4 is 35.0 Å². The second-order valence-electron chi connectivity index (χ2n) is 5.21. The van der Waals surface area contributed by atoms with Crippen molar-refractivity contribution in [3.05, 3.63) is 33.8 Å². The molecule has 0 aromatic heterocycles. The molecular weight excluding hydrogens is 311 g/mol. The summed E-state index contributed by atoms with van der Waals surface area (Å²) in [6.45, 7) is 2.00. The van der Waals surface area contributed by atoms with E-state index in [1.165, 1.54) is 0 Å². The lowest BCUT2D eigenvalue weighted by Crippen LogP contribution is -2.46. The van der Waals surface area contributed by atoms with Crippen LogP contribution in [0.3, 0.4) is 0 Å². The molecule has 0 bridgehead atoms. The van der Waals surface area contributed by atoms with E-state index in [0.29, 0.717) is 29.3 Å². The van der Waals surface area contributed by atoms with Crippen LogP contribution in [0.2, 0.25) is 10.0 Å². The van der Waals surface area contributed by atoms with Crippen LogP contribution in [0, 0.1) is 0 Å². The van der Waals surface area contributed by atoms with E-state index in [1.54, 1.807) is 12.1 Å². The first kappa shape index (κ1) is 16.1. The molecule has 114 valence electrons. The number of halogens is 2. The van der Waals surface area contributed by atoms with E-state index in [2.05, 4.69) is 10.6 Å². The zero-order valence-electron chi connectivity index (χ0n) is 11.8. The van der Waals surface area contributed by atoms with Gasteiger partial charge in [0.25, 0.3) is 0 Å². The van der Waals surface area contributed by atoms with E-state index >= 15 is 0 Å². The van der Waals surface area contributed by atoms with Gasteiger partial charge in [-0.2, -0.15) is 0 Å². The first-order valence-electron chi connectivity index (χ1n) is 7.03. The van der Waals surface area contributed by atoms with Crippen LogP contribution >= 0.6 is 23.2 Å². The maximum Gasteiger partial charge on any atom is 0.242 e. The third-order valence-electron chi connectivity index (χ3n) is 3.63. The Kier molecular flexibility index (Phi) is 5.48. The Morgan fingerprint density at radius 1 is 1.48 bits per heavy atom. The zero-order chi connectivity index (χ0) is 15.4. The third kappa shape index (κ3) is 4.35. The van der Waals surface area contributed by atoms with E-state index in [-0.39, 0.29) is 17.9 Å². The van der Waals surface area contributed by atoms with Crippen LogP contribution in [0.25, 0.3) is 0 Å². The van der Waals surface area contributed by atoms with Gasteiger partial charge in [-0.05, 0) is 37.0 Å². The van der Waals surface area contributed by atoms with Crippen molar-refractivity contribution in [1.29, 1.82) is 0 Å². The summed E-state index contributed by atoms with van der Waals surface area (Å²) in [5.41, 5.74) is 0.948. The predicted octanol–water partition coefficient (Wildman–Crippen LogP) is 2.71. The molecule has 0 radical (unpaired) electrons. The van der Waals surface area contributed by atoms with Gasteiger partial charge < -0.3 is 10.6 Å². The van der Waals surface area contributed by atoms with Crippen molar-refractivity contribution < 1.29 is 9.59 Å². The van der Waals surface area contributed by atoms with Crippen LogP contribution in [0.1, 0.15) is 31.7 Å². The molecule has 1 aromatic rings. The van der Waals surface area contributed by atoms with Crippen LogP contribution in [0.15, 0.2) is 18.2 Å². The monoisotopic (exact) mass is 328 g/mol. The van der Waals surface area contributed by atoms with Crippen molar-refractivity contribution in [3.8, 4) is 0 Å². The zero-order valence-corrected chi connectivity index (χ0v) is 13.3. The molecule has 1 aromatic carbocycles. The summed E-state index contributed by atoms with van der Waals surface area (Å²) in [6, 6.07) is 4.93. The van der Waals surface area contributed by atoms with Gasteiger partial charge in [0.2, 0.25) is 11.8 Å². The van der Waals surface area contributed by atoms with E-state index < -0.39 is 6.04 Å². The fourth-order valence-corrected chi connectivity index (χ4v) is 2.85. The van der Waals surface area contributed by atoms with Gasteiger partial charge in [0, 0.05) is 22.5 Å². The summed E-state index contributed by atoms with van der Waals surface area (Å²) in [7, 11) is 0. The normalized spacial score (nSPS) is 19.2. The number of benzene rings is 1. The largest absolute Gasteiger partial charge is 0.351 e. The number of hydrogen-bond donors (Lipinski definition) is 2. The molecule has 1 saturated heterocycles. The summed E-state index contributed by atoms with van der Waals surface area (Å²) < 4.78 is 0. The van der Waals surface area contributed by atoms with Gasteiger partial charge in [-0.3, -0.25) is 9.59 Å². The minimum atomic E-state index is -0.410. The third-order valence-corrected chi connectivity index (χ3v) is 4.22. The van der Waals surface area contributed by atoms with Crippen molar-refractivity contribution in [2.45, 2.75) is 44.7 Å². The highest BCUT2D eigenvalue weighted by Crippen LogP contribution is 2.22. The van der Waals surface area contributed by atoms with Crippen LogP contribution in [-0.4, -0.2) is 23.9 Å². The van der Waals surface area contributed by atoms with Gasteiger partial charge >= 0.3 is 0 Å². The molecule has 2 N–H and O–H groups in total. The van der Waals surface area contributed by atoms with Gasteiger partial charge in [0.1, 0.15) is 6.04 Å². The molecule has 2 rings (SSSR count). The lowest BCUT2D eigenvalue weighted by Gasteiger charge is -2.20. The Balaban J connectivity index is 1.96. The number of amides is 2. The minimum absolute atomic E-state index is 0.0197. The molecule has 0 spiro atoms. The molecule has 1 heterocycles. The van der Waals surface area contributed by atoms with Crippen LogP contribution in [0.5, 0.6) is 0 Å². The van der Waals surface area contributed by atoms with Crippen molar-refractivity contribution in [2.75, 3.05) is 0 Å². The van der Waals surface area contributed by atoms with E-state index in [0.717, 1.165) is 12.0 Å². The van der Waals surface area contributed by atoms with Gasteiger partial charge in [0.15, 0.2) is 0 Å². The summed E-state index contributed by atoms with van der Waals surface area (Å²) in [5.74, 6) is -0.193. The SMILES string of the molecule is CC[C@H](Cc1ccc(Cl)cc1Cl)NC(=O)[C@H]1CCC(=O)N1. The lowest BCUT2D eigenvalue weighted by molar-refractivity contribution is -0.126. The fourth-order valence-electron chi connectivity index (χ4n) is 2.36. The molecule has 2 atom stereocenters. The highest BCUT2D eigenvalue weighted by molar-refractivity contribution is 6.35. The highest BCUT2D eigenvalue weighted by Gasteiger charge is 2.28. The molecule has 0 saturated carbocycles. The number of hydrogen-bond acceptors (Lipinski definition) is 2. The van der Waals surface area contributed by atoms with Gasteiger partial charge in [-0.25, -0.2) is 0 Å². The molecule has 0 aliphatic carbocycles. The lowest BCUT2D eigenvalue weighted by atomic mass is 10.0. The molecule has 1 aliphatic rings. The summed E-state index contributed by atoms with van der Waals surface area (Å²) in [5, 5.41) is 6.84. The van der Waals surface area contributed by atoms with Crippen molar-refractivity contribution in [1.82, 2.24) is 10.6 Å². The van der Waals surface area contributed by atoms with Gasteiger partial charge in [-0.15, -0.1) is 0 Å². The smallest absolute Gasteiger partial charge is 0.242 e. The molecular formula is C15H18Cl2N2O2. The Labute approximate surface area is 134 Å². The number of rotatable bonds is 5. The topological polar surface area (TPSA) is 58.2 Å². The molecule has 6 heteroatoms.